The van der Waals surface area contributed by atoms with Gasteiger partial charge in [-0.25, -0.2) is 0 Å². The van der Waals surface area contributed by atoms with Gasteiger partial charge in [0.05, 0.1) is 6.07 Å². The quantitative estimate of drug-likeness (QED) is 0.624. The molecule has 0 aromatic carbocycles. The molecule has 1 atom stereocenters. The van der Waals surface area contributed by atoms with Crippen LogP contribution in [0.1, 0.15) is 19.8 Å². The molecule has 7 nitrogen and oxygen atoms in total. The normalized spacial score (nSPS) is 26.5. The SMILES string of the molecule is CC1C(=O)NC(=O)CN1C(=O)C1(C#N)CCOCC1. The highest BCUT2D eigenvalue weighted by Crippen LogP contribution is 2.33. The Hall–Kier alpha value is -1.94. The third kappa shape index (κ3) is 2.31. The largest absolute Gasteiger partial charge is 0.381 e. The van der Waals surface area contributed by atoms with Gasteiger partial charge in [-0.15, -0.1) is 0 Å². The molecule has 0 spiro atoms. The topological polar surface area (TPSA) is 99.5 Å². The highest BCUT2D eigenvalue weighted by molar-refractivity contribution is 6.05. The van der Waals surface area contributed by atoms with Crippen molar-refractivity contribution in [3.8, 4) is 6.07 Å². The van der Waals surface area contributed by atoms with Crippen molar-refractivity contribution in [3.05, 3.63) is 0 Å². The molecular formula is C12H15N3O4. The number of amides is 3. The lowest BCUT2D eigenvalue weighted by molar-refractivity contribution is -0.156. The van der Waals surface area contributed by atoms with Crippen LogP contribution in [0.15, 0.2) is 0 Å². The second-order valence-electron chi connectivity index (χ2n) is 4.83. The highest BCUT2D eigenvalue weighted by atomic mass is 16.5. The monoisotopic (exact) mass is 265 g/mol. The summed E-state index contributed by atoms with van der Waals surface area (Å²) in [6, 6.07) is 1.31. The first-order chi connectivity index (χ1) is 9.00. The van der Waals surface area contributed by atoms with Crippen LogP contribution in [0.5, 0.6) is 0 Å². The van der Waals surface area contributed by atoms with Gasteiger partial charge in [0, 0.05) is 13.2 Å². The summed E-state index contributed by atoms with van der Waals surface area (Å²) in [4.78, 5) is 36.7. The Kier molecular flexibility index (Phi) is 3.53. The van der Waals surface area contributed by atoms with Crippen LogP contribution in [-0.4, -0.2) is 48.4 Å². The van der Waals surface area contributed by atoms with Crippen molar-refractivity contribution in [3.63, 3.8) is 0 Å². The van der Waals surface area contributed by atoms with Crippen molar-refractivity contribution in [1.29, 1.82) is 5.26 Å². The summed E-state index contributed by atoms with van der Waals surface area (Å²) in [5.41, 5.74) is -1.18. The van der Waals surface area contributed by atoms with Gasteiger partial charge in [-0.1, -0.05) is 0 Å². The van der Waals surface area contributed by atoms with Crippen molar-refractivity contribution in [2.45, 2.75) is 25.8 Å². The fraction of sp³-hybridized carbons (Fsp3) is 0.667. The number of hydrogen-bond donors (Lipinski definition) is 1. The maximum absolute atomic E-state index is 12.5. The summed E-state index contributed by atoms with van der Waals surface area (Å²) >= 11 is 0. The van der Waals surface area contributed by atoms with Crippen molar-refractivity contribution >= 4 is 17.7 Å². The zero-order valence-corrected chi connectivity index (χ0v) is 10.6. The predicted octanol–water partition coefficient (Wildman–Crippen LogP) is -0.820. The molecule has 0 bridgehead atoms. The van der Waals surface area contributed by atoms with E-state index in [-0.39, 0.29) is 6.54 Å². The molecule has 2 rings (SSSR count). The first-order valence-corrected chi connectivity index (χ1v) is 6.14. The van der Waals surface area contributed by atoms with E-state index >= 15 is 0 Å². The van der Waals surface area contributed by atoms with Crippen LogP contribution in [0.4, 0.5) is 0 Å². The Morgan fingerprint density at radius 1 is 1.47 bits per heavy atom. The molecule has 2 fully saturated rings. The minimum absolute atomic E-state index is 0.184. The van der Waals surface area contributed by atoms with Crippen molar-refractivity contribution in [1.82, 2.24) is 10.2 Å². The molecule has 1 N–H and O–H groups in total. The Morgan fingerprint density at radius 2 is 2.11 bits per heavy atom. The van der Waals surface area contributed by atoms with Crippen molar-refractivity contribution in [2.24, 2.45) is 5.41 Å². The fourth-order valence-electron chi connectivity index (χ4n) is 2.33. The standard InChI is InChI=1S/C12H15N3O4/c1-8-10(17)14-9(16)6-15(8)11(18)12(7-13)2-4-19-5-3-12/h8H,2-6H2,1H3,(H,14,16,17). The second kappa shape index (κ2) is 4.97. The zero-order valence-electron chi connectivity index (χ0n) is 10.6. The lowest BCUT2D eigenvalue weighted by Gasteiger charge is -2.38. The maximum Gasteiger partial charge on any atom is 0.249 e. The summed E-state index contributed by atoms with van der Waals surface area (Å²) < 4.78 is 5.17. The van der Waals surface area contributed by atoms with Crippen LogP contribution in [0.2, 0.25) is 0 Å². The number of carbonyl (C=O) groups is 3. The smallest absolute Gasteiger partial charge is 0.249 e. The zero-order chi connectivity index (χ0) is 14.0. The predicted molar refractivity (Wildman–Crippen MR) is 62.4 cm³/mol. The van der Waals surface area contributed by atoms with Crippen LogP contribution in [0.3, 0.4) is 0 Å². The molecule has 19 heavy (non-hydrogen) atoms. The molecule has 3 amide bonds. The average molecular weight is 265 g/mol. The van der Waals surface area contributed by atoms with Gasteiger partial charge in [-0.2, -0.15) is 5.26 Å². The van der Waals surface area contributed by atoms with Gasteiger partial charge in [0.1, 0.15) is 18.0 Å². The van der Waals surface area contributed by atoms with Gasteiger partial charge < -0.3 is 9.64 Å². The van der Waals surface area contributed by atoms with Gasteiger partial charge in [-0.3, -0.25) is 19.7 Å². The Labute approximate surface area is 110 Å². The van der Waals surface area contributed by atoms with Crippen LogP contribution in [-0.2, 0) is 19.1 Å². The number of piperazine rings is 1. The molecule has 2 aliphatic rings. The number of imide groups is 1. The van der Waals surface area contributed by atoms with E-state index in [0.29, 0.717) is 26.1 Å². The van der Waals surface area contributed by atoms with E-state index in [0.717, 1.165) is 0 Å². The van der Waals surface area contributed by atoms with E-state index in [1.54, 1.807) is 6.92 Å². The fourth-order valence-corrected chi connectivity index (χ4v) is 2.33. The number of nitrogens with one attached hydrogen (secondary N) is 1. The average Bonchev–Trinajstić information content (AvgIpc) is 2.42. The van der Waals surface area contributed by atoms with Crippen molar-refractivity contribution < 1.29 is 19.1 Å². The molecule has 0 radical (unpaired) electrons. The first kappa shape index (κ1) is 13.5. The first-order valence-electron chi connectivity index (χ1n) is 6.14. The summed E-state index contributed by atoms with van der Waals surface area (Å²) in [5.74, 6) is -1.48. The molecular weight excluding hydrogens is 250 g/mol. The Balaban J connectivity index is 2.24. The van der Waals surface area contributed by atoms with E-state index in [1.807, 2.05) is 0 Å². The molecule has 0 aliphatic carbocycles. The number of nitriles is 1. The van der Waals surface area contributed by atoms with E-state index in [9.17, 15) is 19.6 Å². The number of nitrogens with zero attached hydrogens (tertiary/aromatic N) is 2. The van der Waals surface area contributed by atoms with Gasteiger partial charge in [0.25, 0.3) is 0 Å². The number of hydrogen-bond acceptors (Lipinski definition) is 5. The van der Waals surface area contributed by atoms with Gasteiger partial charge >= 0.3 is 0 Å². The highest BCUT2D eigenvalue weighted by Gasteiger charge is 2.46. The van der Waals surface area contributed by atoms with Crippen LogP contribution < -0.4 is 5.32 Å². The van der Waals surface area contributed by atoms with E-state index in [1.165, 1.54) is 4.90 Å². The maximum atomic E-state index is 12.5. The summed E-state index contributed by atoms with van der Waals surface area (Å²) in [6.07, 6.45) is 0.586. The minimum Gasteiger partial charge on any atom is -0.381 e. The molecule has 2 saturated heterocycles. The van der Waals surface area contributed by atoms with Crippen LogP contribution in [0.25, 0.3) is 0 Å². The van der Waals surface area contributed by atoms with Gasteiger partial charge in [-0.05, 0) is 19.8 Å². The molecule has 1 unspecified atom stereocenters. The lowest BCUT2D eigenvalue weighted by atomic mass is 9.80. The number of carbonyl (C=O) groups excluding carboxylic acids is 3. The number of rotatable bonds is 1. The third-order valence-electron chi connectivity index (χ3n) is 3.65. The molecule has 2 aliphatic heterocycles. The van der Waals surface area contributed by atoms with E-state index < -0.39 is 29.2 Å². The molecule has 0 aromatic heterocycles. The van der Waals surface area contributed by atoms with E-state index in [2.05, 4.69) is 11.4 Å². The summed E-state index contributed by atoms with van der Waals surface area (Å²) in [5, 5.41) is 11.5. The number of ether oxygens (including phenoxy) is 1. The Morgan fingerprint density at radius 3 is 2.68 bits per heavy atom. The second-order valence-corrected chi connectivity index (χ2v) is 4.83. The van der Waals surface area contributed by atoms with Gasteiger partial charge in [0.2, 0.25) is 17.7 Å². The lowest BCUT2D eigenvalue weighted by Crippen LogP contribution is -2.61. The molecule has 2 heterocycles. The van der Waals surface area contributed by atoms with E-state index in [4.69, 9.17) is 4.74 Å². The third-order valence-corrected chi connectivity index (χ3v) is 3.65. The summed E-state index contributed by atoms with van der Waals surface area (Å²) in [7, 11) is 0. The molecule has 7 heteroatoms. The summed E-state index contributed by atoms with van der Waals surface area (Å²) in [6.45, 7) is 2.03. The molecule has 102 valence electrons. The molecule has 0 aromatic rings. The van der Waals surface area contributed by atoms with Crippen LogP contribution >= 0.6 is 0 Å². The van der Waals surface area contributed by atoms with Crippen LogP contribution in [0, 0.1) is 16.7 Å². The van der Waals surface area contributed by atoms with Gasteiger partial charge in [0.15, 0.2) is 0 Å². The molecule has 0 saturated carbocycles. The van der Waals surface area contributed by atoms with Crippen molar-refractivity contribution in [2.75, 3.05) is 19.8 Å². The Bertz CT molecular complexity index is 462. The minimum atomic E-state index is -1.18.